The normalized spacial score (nSPS) is 13.5. The second-order valence-corrected chi connectivity index (χ2v) is 6.31. The Labute approximate surface area is 150 Å². The van der Waals surface area contributed by atoms with Gasteiger partial charge < -0.3 is 14.6 Å². The molecular weight excluding hydrogens is 332 g/mol. The topological polar surface area (TPSA) is 90.1 Å². The van der Waals surface area contributed by atoms with E-state index in [-0.39, 0.29) is 17.6 Å². The third-order valence-electron chi connectivity index (χ3n) is 4.18. The van der Waals surface area contributed by atoms with Gasteiger partial charge >= 0.3 is 6.01 Å². The Bertz CT molecular complexity index is 925. The SMILES string of the molecule is Cc1nc(Oc2ccccc2)nc(C)c1NC(=O)c1cc(C2CC2)on1. The Morgan fingerprint density at radius 2 is 1.85 bits per heavy atom. The van der Waals surface area contributed by atoms with Crippen molar-refractivity contribution >= 4 is 11.6 Å². The van der Waals surface area contributed by atoms with E-state index in [2.05, 4.69) is 20.4 Å². The number of para-hydroxylation sites is 1. The molecule has 7 heteroatoms. The molecule has 0 bridgehead atoms. The van der Waals surface area contributed by atoms with Crippen molar-refractivity contribution in [1.82, 2.24) is 15.1 Å². The van der Waals surface area contributed by atoms with E-state index in [1.165, 1.54) is 0 Å². The van der Waals surface area contributed by atoms with E-state index in [1.54, 1.807) is 19.9 Å². The number of nitrogens with zero attached hydrogens (tertiary/aromatic N) is 3. The fraction of sp³-hybridized carbons (Fsp3) is 0.263. The largest absolute Gasteiger partial charge is 0.424 e. The van der Waals surface area contributed by atoms with Crippen LogP contribution in [0.3, 0.4) is 0 Å². The van der Waals surface area contributed by atoms with Crippen LogP contribution in [-0.2, 0) is 0 Å². The number of carbonyl (C=O) groups excluding carboxylic acids is 1. The Morgan fingerprint density at radius 1 is 1.15 bits per heavy atom. The number of anilines is 1. The Balaban J connectivity index is 1.51. The zero-order valence-corrected chi connectivity index (χ0v) is 14.5. The van der Waals surface area contributed by atoms with E-state index in [1.807, 2.05) is 30.3 Å². The molecule has 1 aliphatic rings. The van der Waals surface area contributed by atoms with Gasteiger partial charge in [0.1, 0.15) is 11.5 Å². The van der Waals surface area contributed by atoms with E-state index >= 15 is 0 Å². The van der Waals surface area contributed by atoms with Gasteiger partial charge in [0.05, 0.1) is 17.1 Å². The van der Waals surface area contributed by atoms with Crippen molar-refractivity contribution in [2.24, 2.45) is 0 Å². The molecule has 1 fully saturated rings. The van der Waals surface area contributed by atoms with Gasteiger partial charge in [0.2, 0.25) is 0 Å². The maximum Gasteiger partial charge on any atom is 0.322 e. The smallest absolute Gasteiger partial charge is 0.322 e. The third kappa shape index (κ3) is 3.42. The molecule has 1 amide bonds. The highest BCUT2D eigenvalue weighted by Gasteiger charge is 2.29. The molecule has 0 spiro atoms. The number of aromatic nitrogens is 3. The number of amides is 1. The van der Waals surface area contributed by atoms with Crippen LogP contribution in [0, 0.1) is 13.8 Å². The van der Waals surface area contributed by atoms with Crippen LogP contribution in [0.5, 0.6) is 11.8 Å². The first kappa shape index (κ1) is 16.3. The van der Waals surface area contributed by atoms with Gasteiger partial charge in [0.25, 0.3) is 5.91 Å². The standard InChI is InChI=1S/C19H18N4O3/c1-11-17(22-18(24)15-10-16(26-23-15)13-8-9-13)12(2)21-19(20-11)25-14-6-4-3-5-7-14/h3-7,10,13H,8-9H2,1-2H3,(H,22,24). The monoisotopic (exact) mass is 350 g/mol. The quantitative estimate of drug-likeness (QED) is 0.748. The molecule has 26 heavy (non-hydrogen) atoms. The summed E-state index contributed by atoms with van der Waals surface area (Å²) in [6, 6.07) is 11.2. The fourth-order valence-electron chi connectivity index (χ4n) is 2.64. The van der Waals surface area contributed by atoms with E-state index in [4.69, 9.17) is 9.26 Å². The number of carbonyl (C=O) groups is 1. The summed E-state index contributed by atoms with van der Waals surface area (Å²) >= 11 is 0. The molecule has 3 aromatic rings. The van der Waals surface area contributed by atoms with Crippen LogP contribution in [0.15, 0.2) is 40.9 Å². The predicted octanol–water partition coefficient (Wildman–Crippen LogP) is 4.00. The lowest BCUT2D eigenvalue weighted by Gasteiger charge is -2.11. The summed E-state index contributed by atoms with van der Waals surface area (Å²) in [6.45, 7) is 3.58. The molecule has 2 heterocycles. The first-order valence-electron chi connectivity index (χ1n) is 8.46. The minimum atomic E-state index is -0.341. The molecule has 2 aromatic heterocycles. The molecule has 1 N–H and O–H groups in total. The van der Waals surface area contributed by atoms with Gasteiger partial charge in [-0.3, -0.25) is 4.79 Å². The average Bonchev–Trinajstić information content (AvgIpc) is 3.36. The first-order valence-corrected chi connectivity index (χ1v) is 8.46. The zero-order valence-electron chi connectivity index (χ0n) is 14.5. The van der Waals surface area contributed by atoms with E-state index < -0.39 is 0 Å². The van der Waals surface area contributed by atoms with Gasteiger partial charge in [-0.2, -0.15) is 9.97 Å². The van der Waals surface area contributed by atoms with Crippen molar-refractivity contribution in [2.45, 2.75) is 32.6 Å². The molecule has 0 aliphatic heterocycles. The minimum Gasteiger partial charge on any atom is -0.424 e. The van der Waals surface area contributed by atoms with Gasteiger partial charge in [0.15, 0.2) is 5.69 Å². The molecule has 132 valence electrons. The summed E-state index contributed by atoms with van der Waals surface area (Å²) in [4.78, 5) is 21.1. The van der Waals surface area contributed by atoms with Crippen LogP contribution in [0.2, 0.25) is 0 Å². The van der Waals surface area contributed by atoms with Gasteiger partial charge in [-0.1, -0.05) is 23.4 Å². The number of hydrogen-bond acceptors (Lipinski definition) is 6. The van der Waals surface area contributed by atoms with Gasteiger partial charge in [-0.05, 0) is 38.8 Å². The summed E-state index contributed by atoms with van der Waals surface area (Å²) in [7, 11) is 0. The van der Waals surface area contributed by atoms with Crippen molar-refractivity contribution in [3.63, 3.8) is 0 Å². The highest BCUT2D eigenvalue weighted by molar-refractivity contribution is 6.03. The predicted molar refractivity (Wildman–Crippen MR) is 94.5 cm³/mol. The summed E-state index contributed by atoms with van der Waals surface area (Å²) < 4.78 is 10.9. The Morgan fingerprint density at radius 3 is 2.50 bits per heavy atom. The number of nitrogens with one attached hydrogen (secondary N) is 1. The molecule has 0 saturated heterocycles. The zero-order chi connectivity index (χ0) is 18.1. The highest BCUT2D eigenvalue weighted by Crippen LogP contribution is 2.40. The lowest BCUT2D eigenvalue weighted by molar-refractivity contribution is 0.101. The maximum atomic E-state index is 12.4. The molecule has 0 atom stereocenters. The molecule has 1 aliphatic carbocycles. The average molecular weight is 350 g/mol. The van der Waals surface area contributed by atoms with Crippen molar-refractivity contribution in [3.8, 4) is 11.8 Å². The van der Waals surface area contributed by atoms with Crippen LogP contribution in [0.1, 0.15) is 46.4 Å². The van der Waals surface area contributed by atoms with Crippen molar-refractivity contribution in [3.05, 3.63) is 59.2 Å². The second kappa shape index (κ2) is 6.59. The van der Waals surface area contributed by atoms with Crippen molar-refractivity contribution in [1.29, 1.82) is 0 Å². The summed E-state index contributed by atoms with van der Waals surface area (Å²) in [5.41, 5.74) is 2.03. The summed E-state index contributed by atoms with van der Waals surface area (Å²) in [5, 5.41) is 6.67. The Kier molecular flexibility index (Phi) is 4.12. The van der Waals surface area contributed by atoms with Crippen LogP contribution < -0.4 is 10.1 Å². The highest BCUT2D eigenvalue weighted by atomic mass is 16.5. The summed E-state index contributed by atoms with van der Waals surface area (Å²) in [5.74, 6) is 1.49. The number of rotatable bonds is 5. The third-order valence-corrected chi connectivity index (χ3v) is 4.18. The summed E-state index contributed by atoms with van der Waals surface area (Å²) in [6.07, 6.45) is 2.18. The number of aryl methyl sites for hydroxylation is 2. The fourth-order valence-corrected chi connectivity index (χ4v) is 2.64. The van der Waals surface area contributed by atoms with Crippen LogP contribution >= 0.6 is 0 Å². The van der Waals surface area contributed by atoms with E-state index in [0.717, 1.165) is 18.6 Å². The van der Waals surface area contributed by atoms with Crippen LogP contribution in [0.25, 0.3) is 0 Å². The molecule has 0 unspecified atom stereocenters. The lowest BCUT2D eigenvalue weighted by atomic mass is 10.2. The molecule has 1 aromatic carbocycles. The Hall–Kier alpha value is -3.22. The van der Waals surface area contributed by atoms with Gasteiger partial charge in [-0.15, -0.1) is 0 Å². The lowest BCUT2D eigenvalue weighted by Crippen LogP contribution is -2.15. The van der Waals surface area contributed by atoms with Crippen molar-refractivity contribution in [2.75, 3.05) is 5.32 Å². The second-order valence-electron chi connectivity index (χ2n) is 6.31. The van der Waals surface area contributed by atoms with Crippen LogP contribution in [0.4, 0.5) is 5.69 Å². The van der Waals surface area contributed by atoms with E-state index in [9.17, 15) is 4.79 Å². The molecule has 0 radical (unpaired) electrons. The molecule has 1 saturated carbocycles. The van der Waals surface area contributed by atoms with Gasteiger partial charge in [0, 0.05) is 12.0 Å². The van der Waals surface area contributed by atoms with Crippen molar-refractivity contribution < 1.29 is 14.1 Å². The maximum absolute atomic E-state index is 12.4. The van der Waals surface area contributed by atoms with E-state index in [0.29, 0.717) is 28.7 Å². The molecular formula is C19H18N4O3. The first-order chi connectivity index (χ1) is 12.6. The van der Waals surface area contributed by atoms with Crippen LogP contribution in [-0.4, -0.2) is 21.0 Å². The molecule has 7 nitrogen and oxygen atoms in total. The minimum absolute atomic E-state index is 0.238. The number of ether oxygens (including phenoxy) is 1. The molecule has 4 rings (SSSR count). The number of hydrogen-bond donors (Lipinski definition) is 1. The van der Waals surface area contributed by atoms with Gasteiger partial charge in [-0.25, -0.2) is 0 Å². The number of benzene rings is 1.